The number of hydrogen-bond acceptors (Lipinski definition) is 4. The molecule has 2 fully saturated rings. The lowest BCUT2D eigenvalue weighted by atomic mass is 10.0. The molecule has 0 aliphatic carbocycles. The summed E-state index contributed by atoms with van der Waals surface area (Å²) in [5.41, 5.74) is 1.47. The summed E-state index contributed by atoms with van der Waals surface area (Å²) in [5.74, 6) is 0.0758. The van der Waals surface area contributed by atoms with Gasteiger partial charge in [-0.25, -0.2) is 0 Å². The second-order valence-corrected chi connectivity index (χ2v) is 7.49. The van der Waals surface area contributed by atoms with Crippen LogP contribution in [0.4, 0.5) is 0 Å². The lowest BCUT2D eigenvalue weighted by Gasteiger charge is -2.32. The number of aromatic amines is 1. The highest BCUT2D eigenvalue weighted by Crippen LogP contribution is 2.30. The lowest BCUT2D eigenvalue weighted by Crippen LogP contribution is -2.47. The van der Waals surface area contributed by atoms with Crippen LogP contribution in [-0.4, -0.2) is 58.1 Å². The molecule has 2 aromatic rings. The Balaban J connectivity index is 1.54. The Morgan fingerprint density at radius 1 is 1.30 bits per heavy atom. The third kappa shape index (κ3) is 2.70. The van der Waals surface area contributed by atoms with Crippen LogP contribution in [0, 0.1) is 0 Å². The molecule has 2 unspecified atom stereocenters. The molecule has 0 spiro atoms. The zero-order valence-corrected chi connectivity index (χ0v) is 14.2. The monoisotopic (exact) mass is 330 g/mol. The zero-order valence-electron chi connectivity index (χ0n) is 13.4. The molecule has 122 valence electrons. The van der Waals surface area contributed by atoms with E-state index in [4.69, 9.17) is 0 Å². The average Bonchev–Trinajstić information content (AvgIpc) is 3.31. The quantitative estimate of drug-likeness (QED) is 0.941. The number of amides is 1. The smallest absolute Gasteiger partial charge is 0.274 e. The first-order valence-electron chi connectivity index (χ1n) is 8.34. The van der Waals surface area contributed by atoms with Crippen molar-refractivity contribution in [3.63, 3.8) is 0 Å². The molecule has 4 heterocycles. The number of likely N-dealkylation sites (tertiary alicyclic amines) is 2. The number of aromatic nitrogens is 2. The third-order valence-corrected chi connectivity index (χ3v) is 6.07. The van der Waals surface area contributed by atoms with Crippen LogP contribution in [-0.2, 0) is 0 Å². The third-order valence-electron chi connectivity index (χ3n) is 5.16. The summed E-state index contributed by atoms with van der Waals surface area (Å²) in [7, 11) is 2.18. The van der Waals surface area contributed by atoms with E-state index in [1.165, 1.54) is 12.8 Å². The molecule has 1 amide bonds. The van der Waals surface area contributed by atoms with Gasteiger partial charge in [-0.3, -0.25) is 9.89 Å². The second-order valence-electron chi connectivity index (χ2n) is 6.54. The SMILES string of the molecule is CN1CCCC1C1CCCN1C(=O)c1cc(-c2cccs2)[nH]n1. The molecule has 2 aliphatic heterocycles. The number of nitrogens with one attached hydrogen (secondary N) is 1. The van der Waals surface area contributed by atoms with Gasteiger partial charge in [0.25, 0.3) is 5.91 Å². The van der Waals surface area contributed by atoms with Gasteiger partial charge in [-0.1, -0.05) is 6.07 Å². The molecule has 2 atom stereocenters. The largest absolute Gasteiger partial charge is 0.333 e. The summed E-state index contributed by atoms with van der Waals surface area (Å²) in [6, 6.07) is 6.80. The number of likely N-dealkylation sites (N-methyl/N-ethyl adjacent to an activating group) is 1. The van der Waals surface area contributed by atoms with E-state index in [2.05, 4.69) is 27.0 Å². The van der Waals surface area contributed by atoms with Crippen LogP contribution in [0.3, 0.4) is 0 Å². The Kier molecular flexibility index (Phi) is 3.95. The summed E-state index contributed by atoms with van der Waals surface area (Å²) in [5, 5.41) is 9.31. The van der Waals surface area contributed by atoms with Gasteiger partial charge in [0.05, 0.1) is 10.6 Å². The Hall–Kier alpha value is -1.66. The molecule has 1 N–H and O–H groups in total. The number of nitrogens with zero attached hydrogens (tertiary/aromatic N) is 3. The maximum absolute atomic E-state index is 12.9. The van der Waals surface area contributed by atoms with E-state index < -0.39 is 0 Å². The molecule has 4 rings (SSSR count). The molecule has 6 heteroatoms. The van der Waals surface area contributed by atoms with Gasteiger partial charge in [0, 0.05) is 18.6 Å². The van der Waals surface area contributed by atoms with Gasteiger partial charge in [0.1, 0.15) is 0 Å². The minimum atomic E-state index is 0.0758. The summed E-state index contributed by atoms with van der Waals surface area (Å²) in [4.78, 5) is 18.5. The van der Waals surface area contributed by atoms with Crippen LogP contribution in [0.1, 0.15) is 36.2 Å². The van der Waals surface area contributed by atoms with Gasteiger partial charge in [-0.2, -0.15) is 5.10 Å². The number of carbonyl (C=O) groups is 1. The fourth-order valence-electron chi connectivity index (χ4n) is 4.00. The van der Waals surface area contributed by atoms with E-state index in [0.717, 1.165) is 36.5 Å². The Bertz CT molecular complexity index is 681. The first-order chi connectivity index (χ1) is 11.2. The van der Waals surface area contributed by atoms with Gasteiger partial charge in [0.2, 0.25) is 0 Å². The first-order valence-corrected chi connectivity index (χ1v) is 9.22. The van der Waals surface area contributed by atoms with E-state index in [0.29, 0.717) is 17.8 Å². The van der Waals surface area contributed by atoms with E-state index in [-0.39, 0.29) is 5.91 Å². The van der Waals surface area contributed by atoms with Crippen LogP contribution < -0.4 is 0 Å². The van der Waals surface area contributed by atoms with E-state index in [1.807, 2.05) is 23.6 Å². The van der Waals surface area contributed by atoms with Crippen LogP contribution in [0.5, 0.6) is 0 Å². The van der Waals surface area contributed by atoms with Crippen molar-refractivity contribution in [2.45, 2.75) is 37.8 Å². The number of carbonyl (C=O) groups excluding carboxylic acids is 1. The van der Waals surface area contributed by atoms with Gasteiger partial charge in [0.15, 0.2) is 5.69 Å². The summed E-state index contributed by atoms with van der Waals surface area (Å²) in [6.45, 7) is 2.00. The molecular weight excluding hydrogens is 308 g/mol. The van der Waals surface area contributed by atoms with Crippen LogP contribution in [0.25, 0.3) is 10.6 Å². The number of hydrogen-bond donors (Lipinski definition) is 1. The van der Waals surface area contributed by atoms with E-state index >= 15 is 0 Å². The maximum Gasteiger partial charge on any atom is 0.274 e. The highest BCUT2D eigenvalue weighted by atomic mass is 32.1. The van der Waals surface area contributed by atoms with Crippen LogP contribution in [0.2, 0.25) is 0 Å². The molecule has 0 saturated carbocycles. The first kappa shape index (κ1) is 14.9. The summed E-state index contributed by atoms with van der Waals surface area (Å²) in [6.07, 6.45) is 4.66. The van der Waals surface area contributed by atoms with Crippen molar-refractivity contribution in [2.75, 3.05) is 20.1 Å². The van der Waals surface area contributed by atoms with Crippen molar-refractivity contribution in [1.82, 2.24) is 20.0 Å². The molecule has 2 saturated heterocycles. The number of thiophene rings is 1. The van der Waals surface area contributed by atoms with Crippen molar-refractivity contribution in [3.8, 4) is 10.6 Å². The molecule has 5 nitrogen and oxygen atoms in total. The van der Waals surface area contributed by atoms with Gasteiger partial charge in [-0.15, -0.1) is 11.3 Å². The minimum Gasteiger partial charge on any atom is -0.333 e. The Morgan fingerprint density at radius 3 is 2.87 bits per heavy atom. The fourth-order valence-corrected chi connectivity index (χ4v) is 4.70. The summed E-state index contributed by atoms with van der Waals surface area (Å²) < 4.78 is 0. The van der Waals surface area contributed by atoms with Crippen molar-refractivity contribution < 1.29 is 4.79 Å². The molecule has 2 aromatic heterocycles. The van der Waals surface area contributed by atoms with Crippen molar-refractivity contribution in [3.05, 3.63) is 29.3 Å². The standard InChI is InChI=1S/C17H22N4OS/c1-20-8-2-5-14(20)15-6-3-9-21(15)17(22)13-11-12(18-19-13)16-7-4-10-23-16/h4,7,10-11,14-15H,2-3,5-6,8-9H2,1H3,(H,18,19). The normalized spacial score (nSPS) is 25.3. The van der Waals surface area contributed by atoms with Gasteiger partial charge < -0.3 is 9.80 Å². The summed E-state index contributed by atoms with van der Waals surface area (Å²) >= 11 is 1.65. The van der Waals surface area contributed by atoms with Gasteiger partial charge >= 0.3 is 0 Å². The molecule has 2 aliphatic rings. The molecular formula is C17H22N4OS. The van der Waals surface area contributed by atoms with E-state index in [1.54, 1.807) is 11.3 Å². The molecule has 0 radical (unpaired) electrons. The predicted molar refractivity (Wildman–Crippen MR) is 91.6 cm³/mol. The highest BCUT2D eigenvalue weighted by Gasteiger charge is 2.39. The van der Waals surface area contributed by atoms with Gasteiger partial charge in [-0.05, 0) is 56.8 Å². The number of rotatable bonds is 3. The molecule has 23 heavy (non-hydrogen) atoms. The van der Waals surface area contributed by atoms with Crippen molar-refractivity contribution >= 4 is 17.2 Å². The topological polar surface area (TPSA) is 52.2 Å². The fraction of sp³-hybridized carbons (Fsp3) is 0.529. The Morgan fingerprint density at radius 2 is 2.13 bits per heavy atom. The molecule has 0 aromatic carbocycles. The van der Waals surface area contributed by atoms with Crippen LogP contribution in [0.15, 0.2) is 23.6 Å². The Labute approximate surface area is 140 Å². The lowest BCUT2D eigenvalue weighted by molar-refractivity contribution is 0.0658. The van der Waals surface area contributed by atoms with Crippen molar-refractivity contribution in [1.29, 1.82) is 0 Å². The highest BCUT2D eigenvalue weighted by molar-refractivity contribution is 7.13. The number of H-pyrrole nitrogens is 1. The zero-order chi connectivity index (χ0) is 15.8. The average molecular weight is 330 g/mol. The molecule has 0 bridgehead atoms. The van der Waals surface area contributed by atoms with E-state index in [9.17, 15) is 4.79 Å². The minimum absolute atomic E-state index is 0.0758. The maximum atomic E-state index is 12.9. The second kappa shape index (κ2) is 6.09. The van der Waals surface area contributed by atoms with Crippen molar-refractivity contribution in [2.24, 2.45) is 0 Å². The predicted octanol–water partition coefficient (Wildman–Crippen LogP) is 2.84. The van der Waals surface area contributed by atoms with Crippen LogP contribution >= 0.6 is 11.3 Å².